The van der Waals surface area contributed by atoms with Crippen LogP contribution in [0.2, 0.25) is 0 Å². The molecule has 7 heteroatoms. The van der Waals surface area contributed by atoms with E-state index in [1.807, 2.05) is 48.2 Å². The number of carbonyl (C=O) groups is 2. The van der Waals surface area contributed by atoms with E-state index in [0.29, 0.717) is 19.7 Å². The van der Waals surface area contributed by atoms with Crippen molar-refractivity contribution in [3.63, 3.8) is 0 Å². The van der Waals surface area contributed by atoms with Gasteiger partial charge in [-0.15, -0.1) is 11.3 Å². The second kappa shape index (κ2) is 9.31. The lowest BCUT2D eigenvalue weighted by atomic mass is 9.71. The lowest BCUT2D eigenvalue weighted by molar-refractivity contribution is -0.122. The van der Waals surface area contributed by atoms with Gasteiger partial charge < -0.3 is 15.0 Å². The summed E-state index contributed by atoms with van der Waals surface area (Å²) in [5.41, 5.74) is 2.91. The van der Waals surface area contributed by atoms with Crippen molar-refractivity contribution >= 4 is 23.2 Å². The van der Waals surface area contributed by atoms with Gasteiger partial charge in [-0.2, -0.15) is 0 Å². The normalized spacial score (nSPS) is 20.8. The molecule has 1 aromatic carbocycles. The maximum atomic E-state index is 13.1. The van der Waals surface area contributed by atoms with Crippen LogP contribution in [0.4, 0.5) is 0 Å². The fourth-order valence-corrected chi connectivity index (χ4v) is 6.35. The minimum atomic E-state index is -0.277. The first kappa shape index (κ1) is 22.7. The van der Waals surface area contributed by atoms with E-state index < -0.39 is 0 Å². The number of ether oxygens (including phenoxy) is 1. The van der Waals surface area contributed by atoms with Crippen molar-refractivity contribution in [3.8, 4) is 0 Å². The number of nitrogens with zero attached hydrogens (tertiary/aromatic N) is 2. The molecule has 1 aliphatic carbocycles. The zero-order valence-corrected chi connectivity index (χ0v) is 20.3. The maximum Gasteiger partial charge on any atom is 0.263 e. The zero-order chi connectivity index (χ0) is 23.7. The number of pyridine rings is 1. The van der Waals surface area contributed by atoms with E-state index in [-0.39, 0.29) is 29.4 Å². The average Bonchev–Trinajstić information content (AvgIpc) is 3.39. The summed E-state index contributed by atoms with van der Waals surface area (Å²) < 4.78 is 6.58. The molecule has 1 N–H and O–H groups in total. The Morgan fingerprint density at radius 1 is 1.12 bits per heavy atom. The van der Waals surface area contributed by atoms with Crippen LogP contribution in [0.3, 0.4) is 0 Å². The smallest absolute Gasteiger partial charge is 0.263 e. The second-order valence-corrected chi connectivity index (χ2v) is 10.5. The molecule has 3 aromatic rings. The summed E-state index contributed by atoms with van der Waals surface area (Å²) >= 11 is 1.54. The summed E-state index contributed by atoms with van der Waals surface area (Å²) in [5.74, 6) is 0.0209. The molecule has 2 aliphatic rings. The van der Waals surface area contributed by atoms with Crippen LogP contribution in [0.1, 0.15) is 57.2 Å². The molecule has 3 heterocycles. The van der Waals surface area contributed by atoms with Crippen molar-refractivity contribution in [2.24, 2.45) is 0 Å². The van der Waals surface area contributed by atoms with Crippen molar-refractivity contribution in [2.75, 3.05) is 13.1 Å². The molecule has 1 spiro atoms. The van der Waals surface area contributed by atoms with Crippen LogP contribution in [-0.2, 0) is 21.6 Å². The highest BCUT2D eigenvalue weighted by Gasteiger charge is 2.54. The summed E-state index contributed by atoms with van der Waals surface area (Å²) in [6.45, 7) is 5.25. The lowest BCUT2D eigenvalue weighted by Crippen LogP contribution is -2.51. The fraction of sp³-hybridized carbons (Fsp3) is 0.370. The van der Waals surface area contributed by atoms with Gasteiger partial charge in [0.15, 0.2) is 0 Å². The molecule has 0 unspecified atom stereocenters. The Hall–Kier alpha value is -3.03. The number of rotatable bonds is 5. The second-order valence-electron chi connectivity index (χ2n) is 9.18. The Morgan fingerprint density at radius 2 is 1.88 bits per heavy atom. The predicted octanol–water partition coefficient (Wildman–Crippen LogP) is 4.40. The summed E-state index contributed by atoms with van der Waals surface area (Å²) in [6.07, 6.45) is 3.09. The van der Waals surface area contributed by atoms with Crippen molar-refractivity contribution in [2.45, 2.75) is 50.9 Å². The Morgan fingerprint density at radius 3 is 2.56 bits per heavy atom. The van der Waals surface area contributed by atoms with Crippen LogP contribution in [0.5, 0.6) is 0 Å². The first-order valence-corrected chi connectivity index (χ1v) is 12.5. The monoisotopic (exact) mass is 475 g/mol. The van der Waals surface area contributed by atoms with Gasteiger partial charge in [0.25, 0.3) is 5.91 Å². The van der Waals surface area contributed by atoms with Crippen LogP contribution in [-0.4, -0.2) is 40.9 Å². The highest BCUT2D eigenvalue weighted by Crippen LogP contribution is 2.52. The highest BCUT2D eigenvalue weighted by atomic mass is 32.1. The molecule has 0 saturated carbocycles. The number of hydrogen-bond acceptors (Lipinski definition) is 5. The molecule has 2 amide bonds. The van der Waals surface area contributed by atoms with Gasteiger partial charge in [0.05, 0.1) is 29.3 Å². The van der Waals surface area contributed by atoms with Gasteiger partial charge in [0, 0.05) is 36.5 Å². The zero-order valence-electron chi connectivity index (χ0n) is 19.5. The number of benzene rings is 1. The molecule has 0 radical (unpaired) electrons. The first-order chi connectivity index (χ1) is 16.5. The van der Waals surface area contributed by atoms with Crippen LogP contribution in [0.25, 0.3) is 0 Å². The maximum absolute atomic E-state index is 13.1. The lowest BCUT2D eigenvalue weighted by Gasteiger charge is -2.44. The van der Waals surface area contributed by atoms with Gasteiger partial charge in [-0.1, -0.05) is 30.3 Å². The Bertz CT molecular complexity index is 1180. The molecule has 176 valence electrons. The molecule has 1 fully saturated rings. The average molecular weight is 476 g/mol. The Labute approximate surface area is 204 Å². The minimum Gasteiger partial charge on any atom is -0.368 e. The SMILES string of the molecule is CC(=O)N[C@@H]1c2ccccc2C2(CCN(C(=O)c3ccc(C)s3)CC2)[C@H]1OCc1ccccn1. The van der Waals surface area contributed by atoms with Gasteiger partial charge in [0.2, 0.25) is 5.91 Å². The number of hydrogen-bond donors (Lipinski definition) is 1. The Kier molecular flexibility index (Phi) is 6.23. The minimum absolute atomic E-state index is 0.0797. The quantitative estimate of drug-likeness (QED) is 0.594. The predicted molar refractivity (Wildman–Crippen MR) is 132 cm³/mol. The molecule has 2 aromatic heterocycles. The van der Waals surface area contributed by atoms with Crippen LogP contribution < -0.4 is 5.32 Å². The van der Waals surface area contributed by atoms with Gasteiger partial charge >= 0.3 is 0 Å². The van der Waals surface area contributed by atoms with E-state index in [0.717, 1.165) is 33.9 Å². The molecule has 1 aliphatic heterocycles. The number of thiophene rings is 1. The van der Waals surface area contributed by atoms with E-state index in [4.69, 9.17) is 4.74 Å². The number of fused-ring (bicyclic) bond motifs is 2. The van der Waals surface area contributed by atoms with Crippen molar-refractivity contribution in [3.05, 3.63) is 87.4 Å². The third-order valence-electron chi connectivity index (χ3n) is 7.07. The van der Waals surface area contributed by atoms with E-state index in [1.165, 1.54) is 5.56 Å². The fourth-order valence-electron chi connectivity index (χ4n) is 5.51. The Balaban J connectivity index is 1.44. The van der Waals surface area contributed by atoms with E-state index >= 15 is 0 Å². The van der Waals surface area contributed by atoms with E-state index in [2.05, 4.69) is 28.5 Å². The summed E-state index contributed by atoms with van der Waals surface area (Å²) in [5, 5.41) is 3.16. The third kappa shape index (κ3) is 4.14. The molecule has 5 rings (SSSR count). The summed E-state index contributed by atoms with van der Waals surface area (Å²) in [6, 6.07) is 17.8. The molecule has 34 heavy (non-hydrogen) atoms. The van der Waals surface area contributed by atoms with Crippen molar-refractivity contribution < 1.29 is 14.3 Å². The topological polar surface area (TPSA) is 71.5 Å². The van der Waals surface area contributed by atoms with Crippen LogP contribution in [0, 0.1) is 6.92 Å². The first-order valence-electron chi connectivity index (χ1n) is 11.7. The molecular formula is C27H29N3O3S. The summed E-state index contributed by atoms with van der Waals surface area (Å²) in [7, 11) is 0. The van der Waals surface area contributed by atoms with Crippen molar-refractivity contribution in [1.29, 1.82) is 0 Å². The largest absolute Gasteiger partial charge is 0.368 e. The van der Waals surface area contributed by atoms with Crippen LogP contribution >= 0.6 is 11.3 Å². The molecule has 0 bridgehead atoms. The molecule has 2 atom stereocenters. The number of nitrogens with one attached hydrogen (secondary N) is 1. The number of amides is 2. The highest BCUT2D eigenvalue weighted by molar-refractivity contribution is 7.13. The molecular weight excluding hydrogens is 446 g/mol. The molecule has 1 saturated heterocycles. The number of piperidine rings is 1. The van der Waals surface area contributed by atoms with Crippen LogP contribution in [0.15, 0.2) is 60.8 Å². The number of carbonyl (C=O) groups excluding carboxylic acids is 2. The van der Waals surface area contributed by atoms with Gasteiger partial charge in [-0.05, 0) is 55.2 Å². The van der Waals surface area contributed by atoms with Gasteiger partial charge in [-0.25, -0.2) is 0 Å². The van der Waals surface area contributed by atoms with Gasteiger partial charge in [-0.3, -0.25) is 14.6 Å². The van der Waals surface area contributed by atoms with E-state index in [1.54, 1.807) is 24.5 Å². The van der Waals surface area contributed by atoms with Crippen molar-refractivity contribution in [1.82, 2.24) is 15.2 Å². The van der Waals surface area contributed by atoms with E-state index in [9.17, 15) is 9.59 Å². The number of aromatic nitrogens is 1. The number of aryl methyl sites for hydroxylation is 1. The summed E-state index contributed by atoms with van der Waals surface area (Å²) in [4.78, 5) is 33.6. The standard InChI is InChI=1S/C27H29N3O3S/c1-18-10-11-23(34-18)26(32)30-15-12-27(13-16-30)22-9-4-3-8-21(22)24(29-19(2)31)25(27)33-17-20-7-5-6-14-28-20/h3-11,14,24-25H,12-13,15-17H2,1-2H3,(H,29,31)/t24-,25+/m1/s1. The number of likely N-dealkylation sites (tertiary alicyclic amines) is 1. The third-order valence-corrected chi connectivity index (χ3v) is 8.06. The van der Waals surface area contributed by atoms with Gasteiger partial charge in [0.1, 0.15) is 0 Å². The molecule has 6 nitrogen and oxygen atoms in total.